The van der Waals surface area contributed by atoms with Crippen molar-refractivity contribution in [2.75, 3.05) is 0 Å². The smallest absolute Gasteiger partial charge is 0.403 e. The zero-order valence-corrected chi connectivity index (χ0v) is 13.6. The van der Waals surface area contributed by atoms with Gasteiger partial charge in [0.05, 0.1) is 11.2 Å². The topological polar surface area (TPSA) is 18.5 Å². The maximum absolute atomic E-state index is 6.35. The molecule has 2 nitrogen and oxygen atoms in total. The van der Waals surface area contributed by atoms with Gasteiger partial charge in [-0.2, -0.15) is 0 Å². The highest BCUT2D eigenvalue weighted by molar-refractivity contribution is 6.50. The van der Waals surface area contributed by atoms with Gasteiger partial charge in [-0.15, -0.1) is 0 Å². The summed E-state index contributed by atoms with van der Waals surface area (Å²) >= 11 is 0. The summed E-state index contributed by atoms with van der Waals surface area (Å²) in [5, 5.41) is 0.251. The Bertz CT molecular complexity index is 542. The van der Waals surface area contributed by atoms with Crippen molar-refractivity contribution < 1.29 is 9.31 Å². The van der Waals surface area contributed by atoms with Gasteiger partial charge in [0.2, 0.25) is 0 Å². The Hall–Kier alpha value is -0.795. The number of rotatable bonds is 2. The van der Waals surface area contributed by atoms with Crippen LogP contribution in [0.1, 0.15) is 58.9 Å². The van der Waals surface area contributed by atoms with Crippen LogP contribution < -0.4 is 0 Å². The monoisotopic (exact) mass is 284 g/mol. The van der Waals surface area contributed by atoms with Crippen LogP contribution in [0, 0.1) is 0 Å². The molecule has 4 aliphatic rings. The van der Waals surface area contributed by atoms with Gasteiger partial charge in [-0.1, -0.05) is 30.3 Å². The van der Waals surface area contributed by atoms with E-state index < -0.39 is 0 Å². The van der Waals surface area contributed by atoms with Crippen molar-refractivity contribution >= 4 is 7.12 Å². The average molecular weight is 284 g/mol. The van der Waals surface area contributed by atoms with Gasteiger partial charge in [-0.05, 0) is 64.4 Å². The van der Waals surface area contributed by atoms with E-state index in [0.717, 1.165) is 0 Å². The molecule has 0 atom stereocenters. The Balaban J connectivity index is 1.56. The summed E-state index contributed by atoms with van der Waals surface area (Å²) in [6, 6.07) is 11.0. The molecule has 3 aliphatic carbocycles. The predicted octanol–water partition coefficient (Wildman–Crippen LogP) is 4.34. The number of fused-ring (bicyclic) bond motifs is 1. The molecule has 0 aromatic heterocycles. The first kappa shape index (κ1) is 13.8. The highest BCUT2D eigenvalue weighted by Gasteiger charge is 2.71. The number of benzene rings is 1. The largest absolute Gasteiger partial charge is 0.464 e. The van der Waals surface area contributed by atoms with E-state index in [1.54, 1.807) is 0 Å². The first-order valence-electron chi connectivity index (χ1n) is 8.20. The van der Waals surface area contributed by atoms with Crippen LogP contribution in [-0.2, 0) is 14.7 Å². The molecule has 0 N–H and O–H groups in total. The van der Waals surface area contributed by atoms with E-state index >= 15 is 0 Å². The quantitative estimate of drug-likeness (QED) is 0.752. The lowest BCUT2D eigenvalue weighted by Crippen LogP contribution is -2.46. The number of hydrogen-bond donors (Lipinski definition) is 0. The van der Waals surface area contributed by atoms with E-state index in [-0.39, 0.29) is 23.6 Å². The minimum Gasteiger partial charge on any atom is -0.403 e. The van der Waals surface area contributed by atoms with E-state index in [2.05, 4.69) is 58.0 Å². The van der Waals surface area contributed by atoms with E-state index in [0.29, 0.717) is 5.41 Å². The second-order valence-corrected chi connectivity index (χ2v) is 8.45. The Kier molecular flexibility index (Phi) is 2.59. The van der Waals surface area contributed by atoms with Crippen molar-refractivity contribution in [3.05, 3.63) is 35.9 Å². The normalized spacial score (nSPS) is 39.3. The molecule has 1 aliphatic heterocycles. The third-order valence-electron chi connectivity index (χ3n) is 6.62. The lowest BCUT2D eigenvalue weighted by Gasteiger charge is -2.48. The molecule has 0 spiro atoms. The fraction of sp³-hybridized carbons (Fsp3) is 0.667. The molecule has 0 radical (unpaired) electrons. The minimum absolute atomic E-state index is 0.0261. The van der Waals surface area contributed by atoms with Gasteiger partial charge >= 0.3 is 7.12 Å². The molecule has 5 rings (SSSR count). The molecule has 112 valence electrons. The summed E-state index contributed by atoms with van der Waals surface area (Å²) in [6.07, 6.45) is 4.96. The van der Waals surface area contributed by atoms with Crippen LogP contribution >= 0.6 is 0 Å². The number of hydrogen-bond acceptors (Lipinski definition) is 2. The first-order chi connectivity index (χ1) is 9.79. The van der Waals surface area contributed by atoms with Crippen molar-refractivity contribution in [3.63, 3.8) is 0 Å². The van der Waals surface area contributed by atoms with Crippen LogP contribution in [0.25, 0.3) is 0 Å². The highest BCUT2D eigenvalue weighted by atomic mass is 16.7. The van der Waals surface area contributed by atoms with Crippen molar-refractivity contribution in [1.82, 2.24) is 0 Å². The molecule has 21 heavy (non-hydrogen) atoms. The summed E-state index contributed by atoms with van der Waals surface area (Å²) in [6.45, 7) is 8.62. The Morgan fingerprint density at radius 3 is 2.00 bits per heavy atom. The standard InChI is InChI=1S/C18H25BO2/c1-15(2)16(3,4)21-19(20-15)18-11-10-17(12-18,13-18)14-8-6-5-7-9-14/h5-9H,10-13H2,1-4H3. The van der Waals surface area contributed by atoms with E-state index in [1.165, 1.54) is 31.2 Å². The first-order valence-corrected chi connectivity index (χ1v) is 8.20. The van der Waals surface area contributed by atoms with Crippen LogP contribution in [0.4, 0.5) is 0 Å². The van der Waals surface area contributed by atoms with E-state index in [9.17, 15) is 0 Å². The lowest BCUT2D eigenvalue weighted by molar-refractivity contribution is 0.00578. The zero-order valence-electron chi connectivity index (χ0n) is 13.6. The maximum Gasteiger partial charge on any atom is 0.464 e. The summed E-state index contributed by atoms with van der Waals surface area (Å²) in [5.74, 6) is 0. The zero-order chi connectivity index (χ0) is 14.9. The van der Waals surface area contributed by atoms with E-state index in [4.69, 9.17) is 9.31 Å². The molecule has 2 bridgehead atoms. The minimum atomic E-state index is -0.208. The van der Waals surface area contributed by atoms with Gasteiger partial charge in [0.1, 0.15) is 0 Å². The maximum atomic E-state index is 6.35. The van der Waals surface area contributed by atoms with Crippen LogP contribution in [0.15, 0.2) is 30.3 Å². The third kappa shape index (κ3) is 1.74. The van der Waals surface area contributed by atoms with Gasteiger partial charge in [0.25, 0.3) is 0 Å². The molecule has 1 aromatic carbocycles. The average Bonchev–Trinajstić information content (AvgIpc) is 3.00. The van der Waals surface area contributed by atoms with Gasteiger partial charge < -0.3 is 9.31 Å². The van der Waals surface area contributed by atoms with Gasteiger partial charge in [0, 0.05) is 5.31 Å². The lowest BCUT2D eigenvalue weighted by atomic mass is 9.43. The molecular weight excluding hydrogens is 259 g/mol. The molecular formula is C18H25BO2. The van der Waals surface area contributed by atoms with Crippen molar-refractivity contribution in [2.24, 2.45) is 0 Å². The Morgan fingerprint density at radius 1 is 0.857 bits per heavy atom. The fourth-order valence-corrected chi connectivity index (χ4v) is 4.66. The molecule has 1 heterocycles. The Morgan fingerprint density at radius 2 is 1.43 bits per heavy atom. The van der Waals surface area contributed by atoms with Crippen LogP contribution in [-0.4, -0.2) is 18.3 Å². The summed E-state index contributed by atoms with van der Waals surface area (Å²) in [4.78, 5) is 0. The van der Waals surface area contributed by atoms with Crippen molar-refractivity contribution in [2.45, 2.75) is 75.3 Å². The van der Waals surface area contributed by atoms with Gasteiger partial charge in [-0.3, -0.25) is 0 Å². The summed E-state index contributed by atoms with van der Waals surface area (Å²) < 4.78 is 12.7. The van der Waals surface area contributed by atoms with Crippen molar-refractivity contribution in [1.29, 1.82) is 0 Å². The van der Waals surface area contributed by atoms with E-state index in [1.807, 2.05) is 0 Å². The molecule has 3 heteroatoms. The summed E-state index contributed by atoms with van der Waals surface area (Å²) in [5.41, 5.74) is 1.49. The fourth-order valence-electron chi connectivity index (χ4n) is 4.66. The van der Waals surface area contributed by atoms with Crippen molar-refractivity contribution in [3.8, 4) is 0 Å². The Labute approximate surface area is 128 Å². The van der Waals surface area contributed by atoms with Crippen LogP contribution in [0.3, 0.4) is 0 Å². The molecule has 1 saturated heterocycles. The molecule has 1 aromatic rings. The van der Waals surface area contributed by atoms with Gasteiger partial charge in [-0.25, -0.2) is 0 Å². The summed E-state index contributed by atoms with van der Waals surface area (Å²) in [7, 11) is -0.0261. The SMILES string of the molecule is CC1(C)OB(C23CCC(c4ccccc4)(C2)C3)OC1(C)C. The van der Waals surface area contributed by atoms with Crippen LogP contribution in [0.5, 0.6) is 0 Å². The second kappa shape index (κ2) is 3.94. The predicted molar refractivity (Wildman–Crippen MR) is 85.4 cm³/mol. The molecule has 0 amide bonds. The molecule has 4 fully saturated rings. The highest BCUT2D eigenvalue weighted by Crippen LogP contribution is 2.74. The molecule has 0 unspecified atom stereocenters. The van der Waals surface area contributed by atoms with Gasteiger partial charge in [0.15, 0.2) is 0 Å². The van der Waals surface area contributed by atoms with Crippen LogP contribution in [0.2, 0.25) is 5.31 Å². The molecule has 3 saturated carbocycles. The third-order valence-corrected chi connectivity index (χ3v) is 6.62. The second-order valence-electron chi connectivity index (χ2n) is 8.45.